The molecule has 21 heavy (non-hydrogen) atoms. The van der Waals surface area contributed by atoms with Gasteiger partial charge in [0, 0.05) is 22.8 Å². The Labute approximate surface area is 130 Å². The van der Waals surface area contributed by atoms with E-state index in [1.54, 1.807) is 0 Å². The normalized spacial score (nSPS) is 13.1. The van der Waals surface area contributed by atoms with Crippen molar-refractivity contribution in [1.29, 1.82) is 0 Å². The second kappa shape index (κ2) is 6.37. The van der Waals surface area contributed by atoms with E-state index in [-0.39, 0.29) is 0 Å². The van der Waals surface area contributed by atoms with E-state index in [9.17, 15) is 0 Å². The highest BCUT2D eigenvalue weighted by Gasteiger charge is 2.21. The smallest absolute Gasteiger partial charge is 0.143 e. The van der Waals surface area contributed by atoms with E-state index in [2.05, 4.69) is 23.1 Å². The second-order valence-electron chi connectivity index (χ2n) is 5.18. The fourth-order valence-corrected chi connectivity index (χ4v) is 2.83. The van der Waals surface area contributed by atoms with E-state index >= 15 is 0 Å². The van der Waals surface area contributed by atoms with Crippen LogP contribution in [0.15, 0.2) is 42.5 Å². The zero-order chi connectivity index (χ0) is 14.7. The summed E-state index contributed by atoms with van der Waals surface area (Å²) in [6, 6.07) is 14.1. The minimum Gasteiger partial charge on any atom is -0.487 e. The first-order chi connectivity index (χ1) is 10.3. The molecule has 0 amide bonds. The molecule has 0 bridgehead atoms. The van der Waals surface area contributed by atoms with Crippen molar-refractivity contribution in [1.82, 2.24) is 0 Å². The fourth-order valence-electron chi connectivity index (χ4n) is 2.66. The summed E-state index contributed by atoms with van der Waals surface area (Å²) < 4.78 is 5.94. The first-order valence-corrected chi connectivity index (χ1v) is 7.65. The number of ether oxygens (including phenoxy) is 1. The molecule has 1 heterocycles. The Balaban J connectivity index is 2.03. The number of rotatable bonds is 4. The number of fused-ring (bicyclic) bond motifs is 2. The number of nitrogens with zero attached hydrogens (tertiary/aromatic N) is 1. The zero-order valence-electron chi connectivity index (χ0n) is 11.9. The van der Waals surface area contributed by atoms with Gasteiger partial charge >= 0.3 is 0 Å². The van der Waals surface area contributed by atoms with Crippen LogP contribution in [0.3, 0.4) is 0 Å². The largest absolute Gasteiger partial charge is 0.487 e. The third-order valence-electron chi connectivity index (χ3n) is 3.71. The van der Waals surface area contributed by atoms with Crippen molar-refractivity contribution in [2.45, 2.75) is 19.4 Å². The van der Waals surface area contributed by atoms with E-state index in [4.69, 9.17) is 22.1 Å². The molecule has 110 valence electrons. The summed E-state index contributed by atoms with van der Waals surface area (Å²) in [7, 11) is 0. The van der Waals surface area contributed by atoms with Crippen LogP contribution in [0.5, 0.6) is 5.75 Å². The standard InChI is InChI=1S/C17H19ClN2O/c18-14-7-8-17-16(11-14)20(10-4-3-9-19)15-6-2-1-5-13(15)12-21-17/h1-2,5-8,11H,3-4,9-10,12,19H2. The van der Waals surface area contributed by atoms with Crippen LogP contribution in [0, 0.1) is 0 Å². The van der Waals surface area contributed by atoms with Crippen LogP contribution in [-0.2, 0) is 6.61 Å². The summed E-state index contributed by atoms with van der Waals surface area (Å²) in [5, 5.41) is 0.723. The molecule has 0 aliphatic carbocycles. The van der Waals surface area contributed by atoms with Crippen molar-refractivity contribution < 1.29 is 4.74 Å². The van der Waals surface area contributed by atoms with Crippen molar-refractivity contribution in [3.63, 3.8) is 0 Å². The molecule has 3 rings (SSSR count). The van der Waals surface area contributed by atoms with E-state index in [1.807, 2.05) is 24.3 Å². The molecule has 0 aromatic heterocycles. The number of benzene rings is 2. The maximum absolute atomic E-state index is 6.18. The summed E-state index contributed by atoms with van der Waals surface area (Å²) in [5.41, 5.74) is 9.04. The Morgan fingerprint density at radius 1 is 1.10 bits per heavy atom. The molecular formula is C17H19ClN2O. The van der Waals surface area contributed by atoms with Crippen molar-refractivity contribution in [2.75, 3.05) is 18.0 Å². The summed E-state index contributed by atoms with van der Waals surface area (Å²) in [4.78, 5) is 2.29. The molecule has 0 fully saturated rings. The number of hydrogen-bond acceptors (Lipinski definition) is 3. The van der Waals surface area contributed by atoms with Gasteiger partial charge < -0.3 is 15.4 Å². The lowest BCUT2D eigenvalue weighted by molar-refractivity contribution is 0.310. The summed E-state index contributed by atoms with van der Waals surface area (Å²) in [6.07, 6.45) is 2.05. The van der Waals surface area contributed by atoms with Gasteiger partial charge in [-0.15, -0.1) is 0 Å². The van der Waals surface area contributed by atoms with Crippen molar-refractivity contribution in [3.8, 4) is 5.75 Å². The van der Waals surface area contributed by atoms with Gasteiger partial charge in [0.15, 0.2) is 0 Å². The molecular weight excluding hydrogens is 284 g/mol. The second-order valence-corrected chi connectivity index (χ2v) is 5.61. The van der Waals surface area contributed by atoms with E-state index in [0.29, 0.717) is 13.2 Å². The molecule has 0 radical (unpaired) electrons. The van der Waals surface area contributed by atoms with E-state index in [0.717, 1.165) is 35.8 Å². The molecule has 1 aliphatic rings. The Morgan fingerprint density at radius 3 is 2.81 bits per heavy atom. The summed E-state index contributed by atoms with van der Waals surface area (Å²) >= 11 is 6.18. The maximum Gasteiger partial charge on any atom is 0.143 e. The minimum absolute atomic E-state index is 0.582. The molecule has 3 nitrogen and oxygen atoms in total. The number of halogens is 1. The van der Waals surface area contributed by atoms with Gasteiger partial charge in [-0.05, 0) is 43.7 Å². The van der Waals surface area contributed by atoms with Crippen LogP contribution in [-0.4, -0.2) is 13.1 Å². The molecule has 4 heteroatoms. The SMILES string of the molecule is NCCCCN1c2ccccc2COc2ccc(Cl)cc21. The quantitative estimate of drug-likeness (QED) is 0.864. The predicted octanol–water partition coefficient (Wildman–Crippen LogP) is 4.11. The van der Waals surface area contributed by atoms with Gasteiger partial charge in [-0.3, -0.25) is 0 Å². The monoisotopic (exact) mass is 302 g/mol. The van der Waals surface area contributed by atoms with Gasteiger partial charge in [-0.25, -0.2) is 0 Å². The van der Waals surface area contributed by atoms with E-state index in [1.165, 1.54) is 11.3 Å². The van der Waals surface area contributed by atoms with Gasteiger partial charge in [0.1, 0.15) is 12.4 Å². The molecule has 1 aliphatic heterocycles. The predicted molar refractivity (Wildman–Crippen MR) is 87.5 cm³/mol. The number of nitrogens with two attached hydrogens (primary N) is 1. The van der Waals surface area contributed by atoms with Crippen LogP contribution >= 0.6 is 11.6 Å². The Morgan fingerprint density at radius 2 is 1.95 bits per heavy atom. The molecule has 0 saturated carbocycles. The Bertz CT molecular complexity index is 630. The number of unbranched alkanes of at least 4 members (excludes halogenated alkanes) is 1. The zero-order valence-corrected chi connectivity index (χ0v) is 12.6. The lowest BCUT2D eigenvalue weighted by atomic mass is 10.1. The van der Waals surface area contributed by atoms with Crippen LogP contribution < -0.4 is 15.4 Å². The van der Waals surface area contributed by atoms with Crippen molar-refractivity contribution in [3.05, 3.63) is 53.1 Å². The van der Waals surface area contributed by atoms with Gasteiger partial charge in [0.25, 0.3) is 0 Å². The molecule has 0 unspecified atom stereocenters. The maximum atomic E-state index is 6.18. The number of para-hydroxylation sites is 1. The van der Waals surface area contributed by atoms with Crippen LogP contribution in [0.2, 0.25) is 5.02 Å². The summed E-state index contributed by atoms with van der Waals surface area (Å²) in [6.45, 7) is 2.21. The minimum atomic E-state index is 0.582. The van der Waals surface area contributed by atoms with Gasteiger partial charge in [-0.1, -0.05) is 29.8 Å². The highest BCUT2D eigenvalue weighted by atomic mass is 35.5. The van der Waals surface area contributed by atoms with Crippen molar-refractivity contribution in [2.24, 2.45) is 5.73 Å². The van der Waals surface area contributed by atoms with Gasteiger partial charge in [0.05, 0.1) is 5.69 Å². The summed E-state index contributed by atoms with van der Waals surface area (Å²) in [5.74, 6) is 0.878. The molecule has 0 atom stereocenters. The van der Waals surface area contributed by atoms with Crippen LogP contribution in [0.4, 0.5) is 11.4 Å². The third-order valence-corrected chi connectivity index (χ3v) is 3.95. The molecule has 2 aromatic rings. The van der Waals surface area contributed by atoms with Crippen LogP contribution in [0.1, 0.15) is 18.4 Å². The molecule has 2 aromatic carbocycles. The number of anilines is 2. The highest BCUT2D eigenvalue weighted by molar-refractivity contribution is 6.31. The first kappa shape index (κ1) is 14.2. The van der Waals surface area contributed by atoms with Gasteiger partial charge in [0.2, 0.25) is 0 Å². The molecule has 0 spiro atoms. The third kappa shape index (κ3) is 2.99. The van der Waals surface area contributed by atoms with Crippen LogP contribution in [0.25, 0.3) is 0 Å². The first-order valence-electron chi connectivity index (χ1n) is 7.27. The average Bonchev–Trinajstić information content (AvgIpc) is 2.65. The Kier molecular flexibility index (Phi) is 4.32. The van der Waals surface area contributed by atoms with Crippen molar-refractivity contribution >= 4 is 23.0 Å². The highest BCUT2D eigenvalue weighted by Crippen LogP contribution is 2.40. The fraction of sp³-hybridized carbons (Fsp3) is 0.294. The average molecular weight is 303 g/mol. The van der Waals surface area contributed by atoms with Gasteiger partial charge in [-0.2, -0.15) is 0 Å². The van der Waals surface area contributed by atoms with E-state index < -0.39 is 0 Å². The molecule has 0 saturated heterocycles. The lowest BCUT2D eigenvalue weighted by Gasteiger charge is -2.25. The molecule has 2 N–H and O–H groups in total. The number of hydrogen-bond donors (Lipinski definition) is 1. The lowest BCUT2D eigenvalue weighted by Crippen LogP contribution is -2.19. The topological polar surface area (TPSA) is 38.5 Å². The Hall–Kier alpha value is -1.71.